The topological polar surface area (TPSA) is 33.7 Å². The molecule has 1 aliphatic heterocycles. The van der Waals surface area contributed by atoms with E-state index in [4.69, 9.17) is 21.1 Å². The predicted octanol–water partition coefficient (Wildman–Crippen LogP) is 2.20. The second-order valence-electron chi connectivity index (χ2n) is 5.36. The molecule has 2 unspecified atom stereocenters. The summed E-state index contributed by atoms with van der Waals surface area (Å²) in [7, 11) is 3.67. The first kappa shape index (κ1) is 16.6. The number of halogens is 1. The van der Waals surface area contributed by atoms with Crippen LogP contribution in [0.25, 0.3) is 0 Å². The van der Waals surface area contributed by atoms with E-state index in [-0.39, 0.29) is 12.1 Å². The number of morpholine rings is 1. The van der Waals surface area contributed by atoms with Gasteiger partial charge in [-0.3, -0.25) is 4.90 Å². The van der Waals surface area contributed by atoms with Crippen LogP contribution in [-0.4, -0.2) is 57.4 Å². The molecule has 1 fully saturated rings. The minimum Gasteiger partial charge on any atom is -0.496 e. The summed E-state index contributed by atoms with van der Waals surface area (Å²) >= 11 is 6.12. The van der Waals surface area contributed by atoms with Crippen LogP contribution >= 0.6 is 11.6 Å². The third-order valence-electron chi connectivity index (χ3n) is 4.13. The molecule has 0 aliphatic carbocycles. The largest absolute Gasteiger partial charge is 0.496 e. The van der Waals surface area contributed by atoms with E-state index in [0.29, 0.717) is 0 Å². The van der Waals surface area contributed by atoms with Gasteiger partial charge in [-0.25, -0.2) is 0 Å². The molecule has 1 saturated heterocycles. The summed E-state index contributed by atoms with van der Waals surface area (Å²) in [5, 5.41) is 4.12. The lowest BCUT2D eigenvalue weighted by Crippen LogP contribution is -2.52. The fourth-order valence-electron chi connectivity index (χ4n) is 2.83. The van der Waals surface area contributed by atoms with E-state index in [1.165, 1.54) is 0 Å². The van der Waals surface area contributed by atoms with E-state index in [0.717, 1.165) is 49.0 Å². The Bertz CT molecular complexity index is 456. The van der Waals surface area contributed by atoms with Crippen molar-refractivity contribution in [3.8, 4) is 5.75 Å². The lowest BCUT2D eigenvalue weighted by atomic mass is 9.99. The second-order valence-corrected chi connectivity index (χ2v) is 5.79. The number of nitrogens with zero attached hydrogens (tertiary/aromatic N) is 1. The lowest BCUT2D eigenvalue weighted by molar-refractivity contribution is -0.0436. The molecular formula is C16H25ClN2O2. The average Bonchev–Trinajstić information content (AvgIpc) is 2.52. The van der Waals surface area contributed by atoms with Gasteiger partial charge in [0.1, 0.15) is 5.75 Å². The van der Waals surface area contributed by atoms with Gasteiger partial charge in [-0.2, -0.15) is 0 Å². The summed E-state index contributed by atoms with van der Waals surface area (Å²) in [6.45, 7) is 6.03. The summed E-state index contributed by atoms with van der Waals surface area (Å²) in [4.78, 5) is 2.42. The summed E-state index contributed by atoms with van der Waals surface area (Å²) in [6, 6.07) is 6.00. The molecule has 0 amide bonds. The van der Waals surface area contributed by atoms with Gasteiger partial charge in [-0.15, -0.1) is 0 Å². The number of rotatable bonds is 6. The molecule has 1 aliphatic rings. The van der Waals surface area contributed by atoms with E-state index >= 15 is 0 Å². The predicted molar refractivity (Wildman–Crippen MR) is 86.4 cm³/mol. The monoisotopic (exact) mass is 312 g/mol. The molecule has 0 spiro atoms. The minimum atomic E-state index is 0.187. The van der Waals surface area contributed by atoms with Crippen molar-refractivity contribution in [1.29, 1.82) is 0 Å². The molecule has 4 nitrogen and oxygen atoms in total. The first-order chi connectivity index (χ1) is 10.2. The van der Waals surface area contributed by atoms with Gasteiger partial charge >= 0.3 is 0 Å². The van der Waals surface area contributed by atoms with Crippen molar-refractivity contribution in [2.75, 3.05) is 40.4 Å². The molecule has 1 aromatic rings. The Kier molecular flexibility index (Phi) is 6.30. The number of likely N-dealkylation sites (N-methyl/N-ethyl adjacent to an activating group) is 2. The number of hydrogen-bond donors (Lipinski definition) is 1. The van der Waals surface area contributed by atoms with Gasteiger partial charge < -0.3 is 14.8 Å². The average molecular weight is 313 g/mol. The first-order valence-electron chi connectivity index (χ1n) is 7.51. The van der Waals surface area contributed by atoms with E-state index in [1.807, 2.05) is 25.2 Å². The molecule has 1 N–H and O–H groups in total. The SMILES string of the molecule is CCN1CCOC(C(Cc2cc(Cl)ccc2OC)NC)C1. The van der Waals surface area contributed by atoms with Crippen LogP contribution in [0.1, 0.15) is 12.5 Å². The molecule has 2 rings (SSSR count). The van der Waals surface area contributed by atoms with E-state index < -0.39 is 0 Å². The highest BCUT2D eigenvalue weighted by molar-refractivity contribution is 6.30. The van der Waals surface area contributed by atoms with Gasteiger partial charge in [0.25, 0.3) is 0 Å². The van der Waals surface area contributed by atoms with Crippen LogP contribution in [0, 0.1) is 0 Å². The molecule has 2 atom stereocenters. The third-order valence-corrected chi connectivity index (χ3v) is 4.36. The van der Waals surface area contributed by atoms with Crippen LogP contribution < -0.4 is 10.1 Å². The van der Waals surface area contributed by atoms with Gasteiger partial charge in [0.05, 0.1) is 19.8 Å². The van der Waals surface area contributed by atoms with Crippen molar-refractivity contribution in [3.05, 3.63) is 28.8 Å². The number of ether oxygens (including phenoxy) is 2. The first-order valence-corrected chi connectivity index (χ1v) is 7.89. The second kappa shape index (κ2) is 7.99. The van der Waals surface area contributed by atoms with E-state index in [9.17, 15) is 0 Å². The van der Waals surface area contributed by atoms with Crippen molar-refractivity contribution < 1.29 is 9.47 Å². The summed E-state index contributed by atoms with van der Waals surface area (Å²) in [5.74, 6) is 0.878. The molecule has 0 bridgehead atoms. The molecule has 21 heavy (non-hydrogen) atoms. The van der Waals surface area contributed by atoms with Crippen molar-refractivity contribution in [1.82, 2.24) is 10.2 Å². The van der Waals surface area contributed by atoms with E-state index in [1.54, 1.807) is 7.11 Å². The fraction of sp³-hybridized carbons (Fsp3) is 0.625. The van der Waals surface area contributed by atoms with Crippen molar-refractivity contribution in [2.24, 2.45) is 0 Å². The molecule has 0 saturated carbocycles. The smallest absolute Gasteiger partial charge is 0.122 e. The van der Waals surface area contributed by atoms with Crippen LogP contribution in [0.15, 0.2) is 18.2 Å². The Balaban J connectivity index is 2.09. The summed E-state index contributed by atoms with van der Waals surface area (Å²) < 4.78 is 11.4. The molecule has 1 heterocycles. The van der Waals surface area contributed by atoms with Crippen molar-refractivity contribution in [2.45, 2.75) is 25.5 Å². The molecule has 118 valence electrons. The number of methoxy groups -OCH3 is 1. The minimum absolute atomic E-state index is 0.187. The van der Waals surface area contributed by atoms with Crippen LogP contribution in [0.4, 0.5) is 0 Å². The van der Waals surface area contributed by atoms with Crippen molar-refractivity contribution in [3.63, 3.8) is 0 Å². The maximum atomic E-state index is 6.12. The number of hydrogen-bond acceptors (Lipinski definition) is 4. The molecule has 1 aromatic carbocycles. The van der Waals surface area contributed by atoms with Gasteiger partial charge in [-0.1, -0.05) is 18.5 Å². The Hall–Kier alpha value is -0.810. The molecular weight excluding hydrogens is 288 g/mol. The fourth-order valence-corrected chi connectivity index (χ4v) is 3.02. The lowest BCUT2D eigenvalue weighted by Gasteiger charge is -2.36. The highest BCUT2D eigenvalue weighted by Crippen LogP contribution is 2.25. The van der Waals surface area contributed by atoms with Crippen molar-refractivity contribution >= 4 is 11.6 Å². The highest BCUT2D eigenvalue weighted by atomic mass is 35.5. The van der Waals surface area contributed by atoms with E-state index in [2.05, 4.69) is 17.1 Å². The van der Waals surface area contributed by atoms with Crippen LogP contribution in [-0.2, 0) is 11.2 Å². The normalized spacial score (nSPS) is 21.2. The standard InChI is InChI=1S/C16H25ClN2O2/c1-4-19-7-8-21-16(11-19)14(18-2)10-12-9-13(17)5-6-15(12)20-3/h5-6,9,14,16,18H,4,7-8,10-11H2,1-3H3. The quantitative estimate of drug-likeness (QED) is 0.873. The van der Waals surface area contributed by atoms with Gasteiger partial charge in [0.2, 0.25) is 0 Å². The number of benzene rings is 1. The zero-order valence-corrected chi connectivity index (χ0v) is 13.8. The zero-order chi connectivity index (χ0) is 15.2. The molecule has 0 aromatic heterocycles. The van der Waals surface area contributed by atoms with Crippen LogP contribution in [0.2, 0.25) is 5.02 Å². The van der Waals surface area contributed by atoms with Gasteiger partial charge in [0.15, 0.2) is 0 Å². The highest BCUT2D eigenvalue weighted by Gasteiger charge is 2.27. The Morgan fingerprint density at radius 1 is 1.52 bits per heavy atom. The van der Waals surface area contributed by atoms with Gasteiger partial charge in [0, 0.05) is 24.2 Å². The summed E-state index contributed by atoms with van der Waals surface area (Å²) in [6.07, 6.45) is 1.02. The van der Waals surface area contributed by atoms with Crippen LogP contribution in [0.5, 0.6) is 5.75 Å². The Morgan fingerprint density at radius 3 is 3.00 bits per heavy atom. The maximum Gasteiger partial charge on any atom is 0.122 e. The maximum absolute atomic E-state index is 6.12. The third kappa shape index (κ3) is 4.33. The van der Waals surface area contributed by atoms with Gasteiger partial charge in [-0.05, 0) is 43.8 Å². The Labute approximate surface area is 132 Å². The zero-order valence-electron chi connectivity index (χ0n) is 13.1. The Morgan fingerprint density at radius 2 is 2.33 bits per heavy atom. The van der Waals surface area contributed by atoms with Crippen LogP contribution in [0.3, 0.4) is 0 Å². The summed E-state index contributed by atoms with van der Waals surface area (Å²) in [5.41, 5.74) is 1.11. The molecule has 5 heteroatoms. The molecule has 0 radical (unpaired) electrons. The number of nitrogens with one attached hydrogen (secondary N) is 1.